The van der Waals surface area contributed by atoms with Crippen molar-refractivity contribution in [3.05, 3.63) is 42.0 Å². The molecule has 2 heterocycles. The Kier molecular flexibility index (Phi) is 6.68. The summed E-state index contributed by atoms with van der Waals surface area (Å²) in [5.41, 5.74) is 1.18. The van der Waals surface area contributed by atoms with Crippen molar-refractivity contribution in [3.63, 3.8) is 0 Å². The van der Waals surface area contributed by atoms with E-state index in [0.29, 0.717) is 26.1 Å². The highest BCUT2D eigenvalue weighted by Crippen LogP contribution is 2.22. The highest BCUT2D eigenvalue weighted by Gasteiger charge is 2.37. The zero-order valence-electron chi connectivity index (χ0n) is 16.0. The molecular formula is C20H29N3O3S. The van der Waals surface area contributed by atoms with Crippen LogP contribution in [-0.4, -0.2) is 80.0 Å². The fraction of sp³-hybridized carbons (Fsp3) is 0.550. The van der Waals surface area contributed by atoms with Gasteiger partial charge in [0.2, 0.25) is 15.9 Å². The molecular weight excluding hydrogens is 362 g/mol. The molecule has 1 aromatic carbocycles. The van der Waals surface area contributed by atoms with E-state index in [-0.39, 0.29) is 5.91 Å². The van der Waals surface area contributed by atoms with Crippen LogP contribution in [0.25, 0.3) is 6.08 Å². The Morgan fingerprint density at radius 2 is 1.78 bits per heavy atom. The van der Waals surface area contributed by atoms with E-state index in [1.807, 2.05) is 23.1 Å². The molecule has 7 heteroatoms. The summed E-state index contributed by atoms with van der Waals surface area (Å²) in [6.45, 7) is 4.26. The van der Waals surface area contributed by atoms with E-state index in [4.69, 9.17) is 0 Å². The minimum Gasteiger partial charge on any atom is -0.339 e. The first-order valence-electron chi connectivity index (χ1n) is 9.65. The van der Waals surface area contributed by atoms with E-state index < -0.39 is 16.1 Å². The average Bonchev–Trinajstić information content (AvgIpc) is 2.68. The Hall–Kier alpha value is -1.70. The quantitative estimate of drug-likeness (QED) is 0.766. The smallest absolute Gasteiger partial charge is 0.241 e. The third-order valence-electron chi connectivity index (χ3n) is 5.32. The lowest BCUT2D eigenvalue weighted by atomic mass is 10.0. The van der Waals surface area contributed by atoms with Gasteiger partial charge < -0.3 is 4.90 Å². The van der Waals surface area contributed by atoms with Crippen LogP contribution in [0, 0.1) is 0 Å². The first kappa shape index (κ1) is 20.0. The second-order valence-electron chi connectivity index (χ2n) is 7.32. The van der Waals surface area contributed by atoms with Crippen molar-refractivity contribution in [2.75, 3.05) is 45.5 Å². The summed E-state index contributed by atoms with van der Waals surface area (Å²) in [7, 11) is -3.34. The van der Waals surface area contributed by atoms with Gasteiger partial charge in [0.05, 0.1) is 6.26 Å². The molecule has 0 bridgehead atoms. The molecule has 2 aliphatic rings. The number of nitrogens with zero attached hydrogens (tertiary/aromatic N) is 3. The molecule has 1 unspecified atom stereocenters. The first-order valence-corrected chi connectivity index (χ1v) is 11.5. The van der Waals surface area contributed by atoms with E-state index in [1.54, 1.807) is 0 Å². The molecule has 2 fully saturated rings. The molecule has 0 saturated carbocycles. The van der Waals surface area contributed by atoms with Gasteiger partial charge in [-0.05, 0) is 18.4 Å². The van der Waals surface area contributed by atoms with Crippen LogP contribution >= 0.6 is 0 Å². The third kappa shape index (κ3) is 5.40. The Labute approximate surface area is 162 Å². The van der Waals surface area contributed by atoms with Crippen molar-refractivity contribution in [3.8, 4) is 0 Å². The summed E-state index contributed by atoms with van der Waals surface area (Å²) in [5.74, 6) is -0.0281. The van der Waals surface area contributed by atoms with Crippen molar-refractivity contribution in [1.82, 2.24) is 14.1 Å². The predicted molar refractivity (Wildman–Crippen MR) is 108 cm³/mol. The highest BCUT2D eigenvalue weighted by molar-refractivity contribution is 7.88. The lowest BCUT2D eigenvalue weighted by Gasteiger charge is -2.39. The molecule has 0 radical (unpaired) electrons. The van der Waals surface area contributed by atoms with Crippen molar-refractivity contribution in [2.45, 2.75) is 25.3 Å². The maximum Gasteiger partial charge on any atom is 0.241 e. The molecule has 0 N–H and O–H groups in total. The summed E-state index contributed by atoms with van der Waals surface area (Å²) < 4.78 is 25.4. The van der Waals surface area contributed by atoms with E-state index in [2.05, 4.69) is 29.2 Å². The lowest BCUT2D eigenvalue weighted by Crippen LogP contribution is -2.56. The minimum atomic E-state index is -3.34. The van der Waals surface area contributed by atoms with Crippen LogP contribution in [0.5, 0.6) is 0 Å². The van der Waals surface area contributed by atoms with E-state index in [1.165, 1.54) is 16.1 Å². The van der Waals surface area contributed by atoms with Crippen LogP contribution in [0.3, 0.4) is 0 Å². The van der Waals surface area contributed by atoms with Gasteiger partial charge in [-0.25, -0.2) is 8.42 Å². The van der Waals surface area contributed by atoms with Gasteiger partial charge in [-0.3, -0.25) is 9.69 Å². The van der Waals surface area contributed by atoms with Crippen LogP contribution in [-0.2, 0) is 14.8 Å². The third-order valence-corrected chi connectivity index (χ3v) is 6.61. The van der Waals surface area contributed by atoms with E-state index in [0.717, 1.165) is 32.5 Å². The molecule has 0 spiro atoms. The number of benzene rings is 1. The Balaban J connectivity index is 1.51. The number of rotatable bonds is 5. The summed E-state index contributed by atoms with van der Waals surface area (Å²) >= 11 is 0. The topological polar surface area (TPSA) is 60.9 Å². The molecule has 2 aliphatic heterocycles. The van der Waals surface area contributed by atoms with E-state index >= 15 is 0 Å². The second-order valence-corrected chi connectivity index (χ2v) is 9.26. The fourth-order valence-corrected chi connectivity index (χ4v) is 4.93. The van der Waals surface area contributed by atoms with Crippen LogP contribution in [0.1, 0.15) is 24.8 Å². The van der Waals surface area contributed by atoms with Crippen molar-refractivity contribution >= 4 is 22.0 Å². The van der Waals surface area contributed by atoms with Crippen LogP contribution in [0.4, 0.5) is 0 Å². The Morgan fingerprint density at radius 1 is 1.07 bits per heavy atom. The number of sulfonamides is 1. The summed E-state index contributed by atoms with van der Waals surface area (Å²) in [6.07, 6.45) is 7.84. The van der Waals surface area contributed by atoms with Gasteiger partial charge >= 0.3 is 0 Å². The zero-order valence-corrected chi connectivity index (χ0v) is 16.8. The molecule has 1 atom stereocenters. The van der Waals surface area contributed by atoms with Gasteiger partial charge in [0, 0.05) is 39.3 Å². The van der Waals surface area contributed by atoms with Gasteiger partial charge in [0.15, 0.2) is 0 Å². The molecule has 2 saturated heterocycles. The normalized spacial score (nSPS) is 23.0. The van der Waals surface area contributed by atoms with E-state index in [9.17, 15) is 13.2 Å². The van der Waals surface area contributed by atoms with Gasteiger partial charge in [-0.2, -0.15) is 4.31 Å². The van der Waals surface area contributed by atoms with Gasteiger partial charge in [-0.15, -0.1) is 0 Å². The van der Waals surface area contributed by atoms with Gasteiger partial charge in [0.1, 0.15) is 6.04 Å². The summed E-state index contributed by atoms with van der Waals surface area (Å²) in [6, 6.07) is 9.68. The highest BCUT2D eigenvalue weighted by atomic mass is 32.2. The summed E-state index contributed by atoms with van der Waals surface area (Å²) in [4.78, 5) is 17.1. The standard InChI is InChI=1S/C20H29N3O3S/c1-27(25,26)23-13-6-5-11-19(23)20(24)22-16-14-21(15-17-22)12-7-10-18-8-3-2-4-9-18/h2-4,7-10,19H,5-6,11-17H2,1H3/b10-7+. The number of hydrogen-bond donors (Lipinski definition) is 0. The Morgan fingerprint density at radius 3 is 2.44 bits per heavy atom. The minimum absolute atomic E-state index is 0.0281. The first-order chi connectivity index (χ1) is 12.9. The van der Waals surface area contributed by atoms with Crippen LogP contribution < -0.4 is 0 Å². The van der Waals surface area contributed by atoms with Crippen LogP contribution in [0.2, 0.25) is 0 Å². The number of carbonyl (C=O) groups is 1. The number of amides is 1. The Bertz CT molecular complexity index is 756. The fourth-order valence-electron chi connectivity index (χ4n) is 3.81. The molecule has 27 heavy (non-hydrogen) atoms. The maximum absolute atomic E-state index is 12.9. The molecule has 3 rings (SSSR count). The molecule has 148 valence electrons. The molecule has 1 aromatic rings. The monoisotopic (exact) mass is 391 g/mol. The molecule has 0 aliphatic carbocycles. The van der Waals surface area contributed by atoms with Crippen molar-refractivity contribution < 1.29 is 13.2 Å². The number of hydrogen-bond acceptors (Lipinski definition) is 4. The zero-order chi connectivity index (χ0) is 19.3. The number of carbonyl (C=O) groups excluding carboxylic acids is 1. The molecule has 0 aromatic heterocycles. The lowest BCUT2D eigenvalue weighted by molar-refractivity contribution is -0.137. The predicted octanol–water partition coefficient (Wildman–Crippen LogP) is 1.66. The van der Waals surface area contributed by atoms with Crippen LogP contribution in [0.15, 0.2) is 36.4 Å². The maximum atomic E-state index is 12.9. The van der Waals surface area contributed by atoms with Crippen molar-refractivity contribution in [1.29, 1.82) is 0 Å². The molecule has 6 nitrogen and oxygen atoms in total. The van der Waals surface area contributed by atoms with Gasteiger partial charge in [0.25, 0.3) is 0 Å². The van der Waals surface area contributed by atoms with Gasteiger partial charge in [-0.1, -0.05) is 48.9 Å². The SMILES string of the molecule is CS(=O)(=O)N1CCCCC1C(=O)N1CCN(C/C=C/c2ccccc2)CC1. The average molecular weight is 392 g/mol. The largest absolute Gasteiger partial charge is 0.339 e. The van der Waals surface area contributed by atoms with Crippen molar-refractivity contribution in [2.24, 2.45) is 0 Å². The summed E-state index contributed by atoms with van der Waals surface area (Å²) in [5, 5.41) is 0. The molecule has 1 amide bonds. The number of piperazine rings is 1. The number of piperidine rings is 1. The second kappa shape index (κ2) is 8.99.